The number of benzene rings is 2. The van der Waals surface area contributed by atoms with Gasteiger partial charge in [0.1, 0.15) is 5.78 Å². The van der Waals surface area contributed by atoms with Gasteiger partial charge in [-0.2, -0.15) is 12.6 Å². The Hall–Kier alpha value is -2.51. The summed E-state index contributed by atoms with van der Waals surface area (Å²) in [5.74, 6) is 5.66. The Balaban J connectivity index is 1.93. The van der Waals surface area contributed by atoms with Gasteiger partial charge in [-0.1, -0.05) is 31.8 Å². The molecule has 1 aliphatic rings. The van der Waals surface area contributed by atoms with Gasteiger partial charge in [-0.25, -0.2) is 4.79 Å². The van der Waals surface area contributed by atoms with E-state index in [1.165, 1.54) is 5.56 Å². The van der Waals surface area contributed by atoms with Gasteiger partial charge in [0.25, 0.3) is 0 Å². The van der Waals surface area contributed by atoms with Crippen LogP contribution in [0.5, 0.6) is 0 Å². The van der Waals surface area contributed by atoms with Crippen LogP contribution < -0.4 is 0 Å². The van der Waals surface area contributed by atoms with Crippen LogP contribution in [0.1, 0.15) is 65.2 Å². The van der Waals surface area contributed by atoms with E-state index in [1.807, 2.05) is 12.1 Å². The van der Waals surface area contributed by atoms with Crippen LogP contribution in [0.25, 0.3) is 0 Å². The molecule has 3 rings (SSSR count). The third-order valence-corrected chi connectivity index (χ3v) is 5.56. The second kappa shape index (κ2) is 7.62. The van der Waals surface area contributed by atoms with E-state index in [4.69, 9.17) is 5.11 Å². The fourth-order valence-electron chi connectivity index (χ4n) is 3.60. The summed E-state index contributed by atoms with van der Waals surface area (Å²) >= 11 is 4.17. The first-order valence-corrected chi connectivity index (χ1v) is 9.58. The standard InChI is InChI=1S/C23H22O3S/c1-23(2)12-11-19(21(24)14-27)18-10-7-16(13-20(18)23)4-3-15-5-8-17(9-6-15)22(25)26/h5-10,13,19,27H,11-12,14H2,1-2H3,(H,25,26). The first-order chi connectivity index (χ1) is 12.8. The summed E-state index contributed by atoms with van der Waals surface area (Å²) in [4.78, 5) is 23.2. The molecule has 1 atom stereocenters. The van der Waals surface area contributed by atoms with Crippen molar-refractivity contribution in [2.24, 2.45) is 0 Å². The molecule has 0 spiro atoms. The quantitative estimate of drug-likeness (QED) is 0.613. The zero-order valence-corrected chi connectivity index (χ0v) is 16.3. The fraction of sp³-hybridized carbons (Fsp3) is 0.304. The average Bonchev–Trinajstić information content (AvgIpc) is 2.66. The Morgan fingerprint density at radius 3 is 2.37 bits per heavy atom. The van der Waals surface area contributed by atoms with Crippen molar-refractivity contribution in [3.63, 3.8) is 0 Å². The number of rotatable bonds is 3. The second-order valence-electron chi connectivity index (χ2n) is 7.53. The maximum Gasteiger partial charge on any atom is 0.335 e. The molecule has 2 aromatic carbocycles. The first kappa shape index (κ1) is 19.3. The molecule has 2 aromatic rings. The topological polar surface area (TPSA) is 54.4 Å². The second-order valence-corrected chi connectivity index (χ2v) is 7.85. The summed E-state index contributed by atoms with van der Waals surface area (Å²) in [5, 5.41) is 8.96. The normalized spacial score (nSPS) is 17.4. The molecule has 27 heavy (non-hydrogen) atoms. The molecule has 4 heteroatoms. The molecule has 0 aromatic heterocycles. The van der Waals surface area contributed by atoms with Gasteiger partial charge in [-0.15, -0.1) is 0 Å². The van der Waals surface area contributed by atoms with Gasteiger partial charge in [0.15, 0.2) is 0 Å². The Labute approximate surface area is 165 Å². The zero-order valence-electron chi connectivity index (χ0n) is 15.5. The smallest absolute Gasteiger partial charge is 0.335 e. The number of hydrogen-bond acceptors (Lipinski definition) is 3. The van der Waals surface area contributed by atoms with E-state index in [0.29, 0.717) is 0 Å². The molecule has 0 saturated heterocycles. The van der Waals surface area contributed by atoms with E-state index >= 15 is 0 Å². The summed E-state index contributed by atoms with van der Waals surface area (Å²) in [6.45, 7) is 4.41. The van der Waals surface area contributed by atoms with Crippen LogP contribution in [0.2, 0.25) is 0 Å². The lowest BCUT2D eigenvalue weighted by Crippen LogP contribution is -2.30. The molecule has 0 aliphatic heterocycles. The molecule has 0 bridgehead atoms. The van der Waals surface area contributed by atoms with Crippen molar-refractivity contribution >= 4 is 24.4 Å². The van der Waals surface area contributed by atoms with Gasteiger partial charge >= 0.3 is 5.97 Å². The van der Waals surface area contributed by atoms with Crippen LogP contribution in [0.3, 0.4) is 0 Å². The van der Waals surface area contributed by atoms with Crippen molar-refractivity contribution in [3.8, 4) is 11.8 Å². The first-order valence-electron chi connectivity index (χ1n) is 8.95. The zero-order chi connectivity index (χ0) is 19.6. The number of carbonyl (C=O) groups excluding carboxylic acids is 1. The molecule has 1 unspecified atom stereocenters. The molecule has 1 aliphatic carbocycles. The van der Waals surface area contributed by atoms with Crippen LogP contribution >= 0.6 is 12.6 Å². The van der Waals surface area contributed by atoms with E-state index in [9.17, 15) is 9.59 Å². The van der Waals surface area contributed by atoms with Crippen molar-refractivity contribution < 1.29 is 14.7 Å². The SMILES string of the molecule is CC1(C)CCC(C(=O)CS)c2ccc(C#Cc3ccc(C(=O)O)cc3)cc21. The van der Waals surface area contributed by atoms with E-state index in [0.717, 1.165) is 29.5 Å². The van der Waals surface area contributed by atoms with Crippen molar-refractivity contribution in [1.29, 1.82) is 0 Å². The Bertz CT molecular complexity index is 946. The largest absolute Gasteiger partial charge is 0.478 e. The molecule has 0 heterocycles. The lowest BCUT2D eigenvalue weighted by molar-refractivity contribution is -0.118. The van der Waals surface area contributed by atoms with E-state index in [2.05, 4.69) is 44.4 Å². The van der Waals surface area contributed by atoms with Crippen LogP contribution in [0.15, 0.2) is 42.5 Å². The number of thiol groups is 1. The van der Waals surface area contributed by atoms with Crippen LogP contribution in [-0.2, 0) is 10.2 Å². The summed E-state index contributed by atoms with van der Waals surface area (Å²) in [6.07, 6.45) is 1.82. The van der Waals surface area contributed by atoms with Gasteiger partial charge in [-0.05, 0) is 65.8 Å². The van der Waals surface area contributed by atoms with Crippen molar-refractivity contribution in [2.75, 3.05) is 5.75 Å². The predicted octanol–water partition coefficient (Wildman–Crippen LogP) is 4.44. The molecule has 3 nitrogen and oxygen atoms in total. The summed E-state index contributed by atoms with van der Waals surface area (Å²) in [7, 11) is 0. The maximum absolute atomic E-state index is 12.3. The van der Waals surface area contributed by atoms with Crippen LogP contribution in [-0.4, -0.2) is 22.6 Å². The van der Waals surface area contributed by atoms with Crippen LogP contribution in [0.4, 0.5) is 0 Å². The number of carbonyl (C=O) groups is 2. The number of ketones is 1. The Kier molecular flexibility index (Phi) is 5.43. The van der Waals surface area contributed by atoms with Crippen molar-refractivity contribution in [3.05, 3.63) is 70.3 Å². The van der Waals surface area contributed by atoms with E-state index in [1.54, 1.807) is 24.3 Å². The Morgan fingerprint density at radius 1 is 1.11 bits per heavy atom. The van der Waals surface area contributed by atoms with Gasteiger partial charge < -0.3 is 5.11 Å². The number of hydrogen-bond donors (Lipinski definition) is 2. The van der Waals surface area contributed by atoms with Crippen molar-refractivity contribution in [1.82, 2.24) is 0 Å². The number of Topliss-reactive ketones (excluding diaryl/α,β-unsaturated/α-hetero) is 1. The molecule has 0 saturated carbocycles. The minimum atomic E-state index is -0.947. The highest BCUT2D eigenvalue weighted by atomic mass is 32.1. The van der Waals surface area contributed by atoms with Crippen molar-refractivity contribution in [2.45, 2.75) is 38.0 Å². The molecular weight excluding hydrogens is 356 g/mol. The highest BCUT2D eigenvalue weighted by Crippen LogP contribution is 2.43. The van der Waals surface area contributed by atoms with Gasteiger partial charge in [0, 0.05) is 22.8 Å². The minimum Gasteiger partial charge on any atom is -0.478 e. The van der Waals surface area contributed by atoms with Gasteiger partial charge in [0.05, 0.1) is 5.56 Å². The molecule has 1 N–H and O–H groups in total. The minimum absolute atomic E-state index is 0.00351. The van der Waals surface area contributed by atoms with Crippen LogP contribution in [0, 0.1) is 11.8 Å². The molecule has 138 valence electrons. The number of carboxylic acid groups (broad SMARTS) is 1. The number of carboxylic acids is 1. The lowest BCUT2D eigenvalue weighted by atomic mass is 9.67. The lowest BCUT2D eigenvalue weighted by Gasteiger charge is -2.36. The van der Waals surface area contributed by atoms with E-state index < -0.39 is 5.97 Å². The summed E-state index contributed by atoms with van der Waals surface area (Å²) in [6, 6.07) is 12.6. The molecular formula is C23H22O3S. The van der Waals surface area contributed by atoms with Gasteiger partial charge in [0.2, 0.25) is 0 Å². The third kappa shape index (κ3) is 4.09. The fourth-order valence-corrected chi connectivity index (χ4v) is 3.82. The highest BCUT2D eigenvalue weighted by Gasteiger charge is 2.35. The molecule has 0 fully saturated rings. The third-order valence-electron chi connectivity index (χ3n) is 5.24. The molecule has 0 radical (unpaired) electrons. The number of fused-ring (bicyclic) bond motifs is 1. The predicted molar refractivity (Wildman–Crippen MR) is 110 cm³/mol. The average molecular weight is 378 g/mol. The van der Waals surface area contributed by atoms with E-state index in [-0.39, 0.29) is 28.4 Å². The summed E-state index contributed by atoms with van der Waals surface area (Å²) in [5.41, 5.74) is 4.19. The molecule has 0 amide bonds. The van der Waals surface area contributed by atoms with Gasteiger partial charge in [-0.3, -0.25) is 4.79 Å². The summed E-state index contributed by atoms with van der Waals surface area (Å²) < 4.78 is 0. The monoisotopic (exact) mass is 378 g/mol. The Morgan fingerprint density at radius 2 is 1.74 bits per heavy atom. The number of aromatic carboxylic acids is 1. The highest BCUT2D eigenvalue weighted by molar-refractivity contribution is 7.81. The maximum atomic E-state index is 12.3.